The fraction of sp³-hybridized carbons (Fsp3) is 0.296. The summed E-state index contributed by atoms with van der Waals surface area (Å²) in [5.74, 6) is 0.162. The van der Waals surface area contributed by atoms with Gasteiger partial charge in [0.15, 0.2) is 0 Å². The van der Waals surface area contributed by atoms with Crippen LogP contribution in [0.25, 0.3) is 0 Å². The molecular weight excluding hydrogens is 368 g/mol. The number of carbonyl (C=O) groups is 1. The summed E-state index contributed by atoms with van der Waals surface area (Å²) in [6.45, 7) is 7.02. The molecule has 3 aromatic carbocycles. The molecule has 0 aliphatic carbocycles. The fourth-order valence-corrected chi connectivity index (χ4v) is 3.94. The molecule has 0 aliphatic rings. The smallest absolute Gasteiger partial charge is 0.224 e. The zero-order valence-electron chi connectivity index (χ0n) is 18.2. The molecule has 3 heteroatoms. The summed E-state index contributed by atoms with van der Waals surface area (Å²) in [6, 6.07) is 31.1. The van der Waals surface area contributed by atoms with Crippen LogP contribution < -0.4 is 5.32 Å². The maximum atomic E-state index is 13.4. The number of hydrogen-bond donors (Lipinski definition) is 1. The van der Waals surface area contributed by atoms with Crippen LogP contribution in [0.5, 0.6) is 0 Å². The van der Waals surface area contributed by atoms with E-state index in [1.54, 1.807) is 0 Å². The highest BCUT2D eigenvalue weighted by molar-refractivity contribution is 5.77. The molecule has 3 nitrogen and oxygen atoms in total. The SMILES string of the molecule is C[C@H](NCCC(=O)N([C@H](C)c1ccccc1)[C@H](C)c1ccccc1)c1ccccc1. The van der Waals surface area contributed by atoms with Gasteiger partial charge in [0.05, 0.1) is 12.1 Å². The minimum Gasteiger partial charge on any atom is -0.329 e. The zero-order valence-corrected chi connectivity index (χ0v) is 18.2. The highest BCUT2D eigenvalue weighted by Crippen LogP contribution is 2.31. The van der Waals surface area contributed by atoms with E-state index in [0.29, 0.717) is 13.0 Å². The Morgan fingerprint density at radius 2 is 1.10 bits per heavy atom. The zero-order chi connectivity index (χ0) is 21.3. The Morgan fingerprint density at radius 1 is 0.700 bits per heavy atom. The van der Waals surface area contributed by atoms with Crippen LogP contribution in [0.4, 0.5) is 0 Å². The molecule has 0 fully saturated rings. The molecule has 0 aromatic heterocycles. The third-order valence-electron chi connectivity index (χ3n) is 5.78. The normalized spacial score (nSPS) is 14.0. The van der Waals surface area contributed by atoms with E-state index in [1.807, 2.05) is 59.5 Å². The lowest BCUT2D eigenvalue weighted by molar-refractivity contribution is -0.135. The third-order valence-corrected chi connectivity index (χ3v) is 5.78. The molecule has 0 radical (unpaired) electrons. The summed E-state index contributed by atoms with van der Waals surface area (Å²) in [7, 11) is 0. The first kappa shape index (κ1) is 21.8. The molecule has 1 amide bonds. The first-order chi connectivity index (χ1) is 14.6. The van der Waals surface area contributed by atoms with Gasteiger partial charge in [0, 0.05) is 19.0 Å². The summed E-state index contributed by atoms with van der Waals surface area (Å²) in [5, 5.41) is 3.49. The minimum absolute atomic E-state index is 0.000419. The summed E-state index contributed by atoms with van der Waals surface area (Å²) in [4.78, 5) is 15.4. The molecule has 0 spiro atoms. The summed E-state index contributed by atoms with van der Waals surface area (Å²) >= 11 is 0. The van der Waals surface area contributed by atoms with Crippen molar-refractivity contribution in [1.29, 1.82) is 0 Å². The second-order valence-electron chi connectivity index (χ2n) is 7.81. The van der Waals surface area contributed by atoms with Crippen LogP contribution in [0.15, 0.2) is 91.0 Å². The number of benzene rings is 3. The van der Waals surface area contributed by atoms with Crippen molar-refractivity contribution in [2.45, 2.75) is 45.3 Å². The Morgan fingerprint density at radius 3 is 1.53 bits per heavy atom. The van der Waals surface area contributed by atoms with Gasteiger partial charge in [0.25, 0.3) is 0 Å². The maximum Gasteiger partial charge on any atom is 0.224 e. The van der Waals surface area contributed by atoms with Crippen LogP contribution >= 0.6 is 0 Å². The first-order valence-electron chi connectivity index (χ1n) is 10.8. The molecule has 0 aliphatic heterocycles. The van der Waals surface area contributed by atoms with Crippen LogP contribution in [0.1, 0.15) is 62.0 Å². The summed E-state index contributed by atoms with van der Waals surface area (Å²) in [6.07, 6.45) is 0.464. The fourth-order valence-electron chi connectivity index (χ4n) is 3.94. The second-order valence-corrected chi connectivity index (χ2v) is 7.81. The number of rotatable bonds is 9. The van der Waals surface area contributed by atoms with Gasteiger partial charge >= 0.3 is 0 Å². The van der Waals surface area contributed by atoms with Gasteiger partial charge in [-0.15, -0.1) is 0 Å². The average molecular weight is 401 g/mol. The monoisotopic (exact) mass is 400 g/mol. The predicted molar refractivity (Wildman–Crippen MR) is 124 cm³/mol. The van der Waals surface area contributed by atoms with E-state index in [-0.39, 0.29) is 24.0 Å². The molecule has 1 N–H and O–H groups in total. The van der Waals surface area contributed by atoms with E-state index in [9.17, 15) is 4.79 Å². The van der Waals surface area contributed by atoms with Crippen LogP contribution in [-0.2, 0) is 4.79 Å². The van der Waals surface area contributed by atoms with Crippen LogP contribution in [0.3, 0.4) is 0 Å². The molecule has 0 bridgehead atoms. The Kier molecular flexibility index (Phi) is 7.81. The molecule has 3 aromatic rings. The van der Waals surface area contributed by atoms with Gasteiger partial charge in [-0.2, -0.15) is 0 Å². The van der Waals surface area contributed by atoms with Crippen molar-refractivity contribution in [3.8, 4) is 0 Å². The van der Waals surface area contributed by atoms with E-state index < -0.39 is 0 Å². The molecule has 30 heavy (non-hydrogen) atoms. The standard InChI is InChI=1S/C27H32N2O/c1-21(24-13-7-4-8-14-24)28-20-19-27(30)29(22(2)25-15-9-5-10-16-25)23(3)26-17-11-6-12-18-26/h4-18,21-23,28H,19-20H2,1-3H3/t21-,22+,23+/m0/s1. The predicted octanol–water partition coefficient (Wildman–Crippen LogP) is 6.08. The molecule has 0 heterocycles. The Hall–Kier alpha value is -2.91. The Bertz CT molecular complexity index is 850. The van der Waals surface area contributed by atoms with Gasteiger partial charge < -0.3 is 10.2 Å². The minimum atomic E-state index is 0.000419. The summed E-state index contributed by atoms with van der Waals surface area (Å²) < 4.78 is 0. The van der Waals surface area contributed by atoms with Crippen LogP contribution in [0, 0.1) is 0 Å². The number of carbonyl (C=O) groups excluding carboxylic acids is 1. The van der Waals surface area contributed by atoms with Gasteiger partial charge in [-0.3, -0.25) is 4.79 Å². The quantitative estimate of drug-likeness (QED) is 0.472. The Balaban J connectivity index is 1.71. The van der Waals surface area contributed by atoms with Crippen LogP contribution in [0.2, 0.25) is 0 Å². The van der Waals surface area contributed by atoms with Gasteiger partial charge in [-0.1, -0.05) is 91.0 Å². The van der Waals surface area contributed by atoms with E-state index in [1.165, 1.54) is 5.56 Å². The number of nitrogens with one attached hydrogen (secondary N) is 1. The molecule has 0 saturated heterocycles. The van der Waals surface area contributed by atoms with E-state index in [2.05, 4.69) is 62.5 Å². The molecule has 3 atom stereocenters. The highest BCUT2D eigenvalue weighted by atomic mass is 16.2. The van der Waals surface area contributed by atoms with Gasteiger partial charge in [0.1, 0.15) is 0 Å². The highest BCUT2D eigenvalue weighted by Gasteiger charge is 2.27. The maximum absolute atomic E-state index is 13.4. The largest absolute Gasteiger partial charge is 0.329 e. The van der Waals surface area contributed by atoms with Crippen molar-refractivity contribution in [3.05, 3.63) is 108 Å². The van der Waals surface area contributed by atoms with Crippen molar-refractivity contribution >= 4 is 5.91 Å². The topological polar surface area (TPSA) is 32.3 Å². The van der Waals surface area contributed by atoms with Crippen molar-refractivity contribution in [2.24, 2.45) is 0 Å². The van der Waals surface area contributed by atoms with Crippen molar-refractivity contribution in [2.75, 3.05) is 6.54 Å². The lowest BCUT2D eigenvalue weighted by atomic mass is 10.0. The van der Waals surface area contributed by atoms with Crippen molar-refractivity contribution in [1.82, 2.24) is 10.2 Å². The van der Waals surface area contributed by atoms with Crippen LogP contribution in [-0.4, -0.2) is 17.4 Å². The first-order valence-corrected chi connectivity index (χ1v) is 10.8. The van der Waals surface area contributed by atoms with E-state index >= 15 is 0 Å². The van der Waals surface area contributed by atoms with E-state index in [4.69, 9.17) is 0 Å². The Labute approximate surface area is 180 Å². The third kappa shape index (κ3) is 5.58. The molecule has 3 rings (SSSR count). The molecule has 0 unspecified atom stereocenters. The van der Waals surface area contributed by atoms with Gasteiger partial charge in [0.2, 0.25) is 5.91 Å². The molecular formula is C27H32N2O. The lowest BCUT2D eigenvalue weighted by Crippen LogP contribution is -2.37. The van der Waals surface area contributed by atoms with Gasteiger partial charge in [-0.25, -0.2) is 0 Å². The lowest BCUT2D eigenvalue weighted by Gasteiger charge is -2.35. The average Bonchev–Trinajstić information content (AvgIpc) is 2.80. The number of nitrogens with zero attached hydrogens (tertiary/aromatic N) is 1. The van der Waals surface area contributed by atoms with Gasteiger partial charge in [-0.05, 0) is 37.5 Å². The number of hydrogen-bond acceptors (Lipinski definition) is 2. The summed E-state index contributed by atoms with van der Waals surface area (Å²) in [5.41, 5.74) is 3.54. The van der Waals surface area contributed by atoms with Crippen molar-refractivity contribution < 1.29 is 4.79 Å². The number of amides is 1. The van der Waals surface area contributed by atoms with E-state index in [0.717, 1.165) is 11.1 Å². The van der Waals surface area contributed by atoms with Crippen molar-refractivity contribution in [3.63, 3.8) is 0 Å². The second kappa shape index (κ2) is 10.7. The molecule has 156 valence electrons. The molecule has 0 saturated carbocycles.